The highest BCUT2D eigenvalue weighted by atomic mass is 16.2. The largest absolute Gasteiger partial charge is 0.342 e. The molecule has 1 saturated heterocycles. The van der Waals surface area contributed by atoms with E-state index in [9.17, 15) is 4.79 Å². The molecule has 0 spiro atoms. The molecule has 0 N–H and O–H groups in total. The first-order valence-electron chi connectivity index (χ1n) is 9.86. The van der Waals surface area contributed by atoms with Crippen LogP contribution in [0.2, 0.25) is 0 Å². The van der Waals surface area contributed by atoms with E-state index in [1.807, 2.05) is 18.0 Å². The minimum Gasteiger partial charge on any atom is -0.342 e. The Labute approximate surface area is 150 Å². The summed E-state index contributed by atoms with van der Waals surface area (Å²) in [4.78, 5) is 28.4. The van der Waals surface area contributed by atoms with Crippen molar-refractivity contribution < 1.29 is 4.79 Å². The molecule has 0 aromatic carbocycles. The number of hydrogen-bond acceptors (Lipinski definition) is 5. The summed E-state index contributed by atoms with van der Waals surface area (Å²) in [7, 11) is 0. The van der Waals surface area contributed by atoms with E-state index in [1.54, 1.807) is 0 Å². The molecule has 6 nitrogen and oxygen atoms in total. The number of rotatable bonds is 3. The van der Waals surface area contributed by atoms with Crippen LogP contribution in [0.5, 0.6) is 0 Å². The third-order valence-electron chi connectivity index (χ3n) is 6.05. The van der Waals surface area contributed by atoms with Crippen LogP contribution in [0.4, 0.5) is 5.95 Å². The van der Waals surface area contributed by atoms with Gasteiger partial charge < -0.3 is 9.80 Å². The SMILES string of the molecule is CCC(=O)N1CCc2cnc(N3CCN(C4CCC4)CC3)nc2CC1. The van der Waals surface area contributed by atoms with Gasteiger partial charge in [-0.15, -0.1) is 0 Å². The van der Waals surface area contributed by atoms with Gasteiger partial charge in [-0.25, -0.2) is 9.97 Å². The first-order chi connectivity index (χ1) is 12.2. The molecule has 0 radical (unpaired) electrons. The van der Waals surface area contributed by atoms with Crippen LogP contribution in [0.1, 0.15) is 43.9 Å². The molecule has 3 aliphatic rings. The van der Waals surface area contributed by atoms with Crippen LogP contribution in [0.3, 0.4) is 0 Å². The minimum absolute atomic E-state index is 0.244. The summed E-state index contributed by atoms with van der Waals surface area (Å²) >= 11 is 0. The van der Waals surface area contributed by atoms with Crippen molar-refractivity contribution in [3.8, 4) is 0 Å². The van der Waals surface area contributed by atoms with E-state index < -0.39 is 0 Å². The predicted molar refractivity (Wildman–Crippen MR) is 97.7 cm³/mol. The number of fused-ring (bicyclic) bond motifs is 1. The summed E-state index contributed by atoms with van der Waals surface area (Å²) in [6.45, 7) is 7.81. The van der Waals surface area contributed by atoms with E-state index in [2.05, 4.69) is 14.8 Å². The Kier molecular flexibility index (Phi) is 4.88. The van der Waals surface area contributed by atoms with Gasteiger partial charge in [-0.3, -0.25) is 9.69 Å². The number of carbonyl (C=O) groups is 1. The smallest absolute Gasteiger partial charge is 0.225 e. The van der Waals surface area contributed by atoms with Gasteiger partial charge >= 0.3 is 0 Å². The summed E-state index contributed by atoms with van der Waals surface area (Å²) < 4.78 is 0. The number of piperazine rings is 1. The Bertz CT molecular complexity index is 622. The van der Waals surface area contributed by atoms with Crippen LogP contribution in [-0.2, 0) is 17.6 Å². The first kappa shape index (κ1) is 16.8. The van der Waals surface area contributed by atoms with Crippen molar-refractivity contribution in [2.45, 2.75) is 51.5 Å². The van der Waals surface area contributed by atoms with Crippen LogP contribution < -0.4 is 4.90 Å². The Morgan fingerprint density at radius 2 is 1.88 bits per heavy atom. The molecule has 1 aromatic rings. The maximum atomic E-state index is 12.0. The van der Waals surface area contributed by atoms with Crippen LogP contribution in [0.15, 0.2) is 6.20 Å². The monoisotopic (exact) mass is 343 g/mol. The van der Waals surface area contributed by atoms with Gasteiger partial charge in [0.1, 0.15) is 0 Å². The van der Waals surface area contributed by atoms with Crippen LogP contribution >= 0.6 is 0 Å². The van der Waals surface area contributed by atoms with Gasteiger partial charge in [0.15, 0.2) is 0 Å². The molecule has 2 aliphatic heterocycles. The van der Waals surface area contributed by atoms with Gasteiger partial charge in [-0.2, -0.15) is 0 Å². The van der Waals surface area contributed by atoms with E-state index in [-0.39, 0.29) is 5.91 Å². The molecule has 0 unspecified atom stereocenters. The fraction of sp³-hybridized carbons (Fsp3) is 0.737. The second-order valence-electron chi connectivity index (χ2n) is 7.48. The molecule has 25 heavy (non-hydrogen) atoms. The lowest BCUT2D eigenvalue weighted by Gasteiger charge is -2.43. The molecule has 2 fully saturated rings. The highest BCUT2D eigenvalue weighted by Crippen LogP contribution is 2.26. The summed E-state index contributed by atoms with van der Waals surface area (Å²) in [5, 5.41) is 0. The third kappa shape index (κ3) is 3.50. The van der Waals surface area contributed by atoms with E-state index in [1.165, 1.54) is 24.8 Å². The third-order valence-corrected chi connectivity index (χ3v) is 6.05. The number of amides is 1. The molecule has 0 atom stereocenters. The molecular formula is C19H29N5O. The molecule has 6 heteroatoms. The second kappa shape index (κ2) is 7.28. The van der Waals surface area contributed by atoms with Crippen molar-refractivity contribution in [2.24, 2.45) is 0 Å². The maximum Gasteiger partial charge on any atom is 0.225 e. The van der Waals surface area contributed by atoms with Gasteiger partial charge in [0.05, 0.1) is 5.69 Å². The first-order valence-corrected chi connectivity index (χ1v) is 9.86. The van der Waals surface area contributed by atoms with Crippen molar-refractivity contribution in [2.75, 3.05) is 44.2 Å². The zero-order valence-electron chi connectivity index (χ0n) is 15.3. The summed E-state index contributed by atoms with van der Waals surface area (Å²) in [5.74, 6) is 1.12. The lowest BCUT2D eigenvalue weighted by molar-refractivity contribution is -0.130. The molecule has 4 rings (SSSR count). The van der Waals surface area contributed by atoms with Gasteiger partial charge in [0.25, 0.3) is 0 Å². The second-order valence-corrected chi connectivity index (χ2v) is 7.48. The van der Waals surface area contributed by atoms with E-state index in [0.717, 1.165) is 69.8 Å². The fourth-order valence-electron chi connectivity index (χ4n) is 4.13. The van der Waals surface area contributed by atoms with Crippen molar-refractivity contribution in [1.29, 1.82) is 0 Å². The van der Waals surface area contributed by atoms with Gasteiger partial charge in [-0.05, 0) is 24.8 Å². The highest BCUT2D eigenvalue weighted by molar-refractivity contribution is 5.75. The van der Waals surface area contributed by atoms with Crippen LogP contribution in [0, 0.1) is 0 Å². The Morgan fingerprint density at radius 3 is 2.56 bits per heavy atom. The average molecular weight is 343 g/mol. The van der Waals surface area contributed by atoms with Crippen molar-refractivity contribution in [3.05, 3.63) is 17.5 Å². The van der Waals surface area contributed by atoms with Crippen molar-refractivity contribution >= 4 is 11.9 Å². The normalized spacial score (nSPS) is 22.3. The van der Waals surface area contributed by atoms with Crippen LogP contribution in [0.25, 0.3) is 0 Å². The number of hydrogen-bond donors (Lipinski definition) is 0. The standard InChI is InChI=1S/C19H29N5O/c1-2-18(25)23-8-6-15-14-20-19(21-17(15)7-9-23)24-12-10-22(11-13-24)16-4-3-5-16/h14,16H,2-13H2,1H3. The molecule has 1 aliphatic carbocycles. The predicted octanol–water partition coefficient (Wildman–Crippen LogP) is 1.49. The zero-order valence-corrected chi connectivity index (χ0v) is 15.3. The Morgan fingerprint density at radius 1 is 1.12 bits per heavy atom. The summed E-state index contributed by atoms with van der Waals surface area (Å²) in [5.41, 5.74) is 2.35. The number of aromatic nitrogens is 2. The molecule has 0 bridgehead atoms. The lowest BCUT2D eigenvalue weighted by Crippen LogP contribution is -2.52. The number of anilines is 1. The van der Waals surface area contributed by atoms with E-state index in [4.69, 9.17) is 4.98 Å². The van der Waals surface area contributed by atoms with Gasteiger partial charge in [-0.1, -0.05) is 13.3 Å². The lowest BCUT2D eigenvalue weighted by atomic mass is 9.91. The molecule has 1 saturated carbocycles. The zero-order chi connectivity index (χ0) is 17.2. The summed E-state index contributed by atoms with van der Waals surface area (Å²) in [6.07, 6.45) is 8.45. The summed E-state index contributed by atoms with van der Waals surface area (Å²) in [6, 6.07) is 0.831. The van der Waals surface area contributed by atoms with Gasteiger partial charge in [0.2, 0.25) is 11.9 Å². The van der Waals surface area contributed by atoms with E-state index in [0.29, 0.717) is 6.42 Å². The highest BCUT2D eigenvalue weighted by Gasteiger charge is 2.29. The number of nitrogens with zero attached hydrogens (tertiary/aromatic N) is 5. The molecule has 3 heterocycles. The van der Waals surface area contributed by atoms with Gasteiger partial charge in [0, 0.05) is 64.3 Å². The minimum atomic E-state index is 0.244. The fourth-order valence-corrected chi connectivity index (χ4v) is 4.13. The van der Waals surface area contributed by atoms with Crippen molar-refractivity contribution in [1.82, 2.24) is 19.8 Å². The molecule has 1 aromatic heterocycles. The van der Waals surface area contributed by atoms with E-state index >= 15 is 0 Å². The maximum absolute atomic E-state index is 12.0. The van der Waals surface area contributed by atoms with Crippen LogP contribution in [-0.4, -0.2) is 71.0 Å². The Balaban J connectivity index is 1.40. The molecular weight excluding hydrogens is 314 g/mol. The molecule has 1 amide bonds. The number of carbonyl (C=O) groups excluding carboxylic acids is 1. The quantitative estimate of drug-likeness (QED) is 0.832. The topological polar surface area (TPSA) is 52.6 Å². The van der Waals surface area contributed by atoms with Crippen molar-refractivity contribution in [3.63, 3.8) is 0 Å². The Hall–Kier alpha value is -1.69. The average Bonchev–Trinajstić information content (AvgIpc) is 2.82. The molecule has 136 valence electrons.